The zero-order chi connectivity index (χ0) is 23.5. The second-order valence-corrected chi connectivity index (χ2v) is 9.86. The molecule has 0 aliphatic carbocycles. The molecule has 0 heterocycles. The first kappa shape index (κ1) is 23.4. The fraction of sp³-hybridized carbons (Fsp3) is 0.154. The van der Waals surface area contributed by atoms with Crippen LogP contribution in [0.25, 0.3) is 21.5 Å². The normalized spacial score (nSPS) is 13.0. The first-order valence-electron chi connectivity index (χ1n) is 10.3. The fourth-order valence-corrected chi connectivity index (χ4v) is 4.32. The van der Waals surface area contributed by atoms with Crippen LogP contribution in [0.1, 0.15) is 13.8 Å². The molecular formula is C26H20Cl2O4S. The second kappa shape index (κ2) is 10.0. The third-order valence-electron chi connectivity index (χ3n) is 4.93. The number of carbonyl (C=O) groups is 2. The van der Waals surface area contributed by atoms with E-state index in [1.165, 1.54) is 0 Å². The molecule has 0 amide bonds. The number of hydrogen-bond donors (Lipinski definition) is 0. The van der Waals surface area contributed by atoms with Crippen LogP contribution in [0.3, 0.4) is 0 Å². The highest BCUT2D eigenvalue weighted by Gasteiger charge is 2.23. The third kappa shape index (κ3) is 5.11. The van der Waals surface area contributed by atoms with Crippen LogP contribution in [-0.2, 0) is 9.59 Å². The quantitative estimate of drug-likeness (QED) is 0.121. The van der Waals surface area contributed by atoms with E-state index in [0.29, 0.717) is 33.0 Å². The molecule has 0 aliphatic rings. The number of halogens is 2. The van der Waals surface area contributed by atoms with Crippen molar-refractivity contribution in [3.63, 3.8) is 0 Å². The van der Waals surface area contributed by atoms with E-state index in [1.54, 1.807) is 25.6 Å². The zero-order valence-corrected chi connectivity index (χ0v) is 20.2. The van der Waals surface area contributed by atoms with Crippen molar-refractivity contribution in [2.75, 3.05) is 0 Å². The Kier molecular flexibility index (Phi) is 7.13. The maximum atomic E-state index is 12.5. The van der Waals surface area contributed by atoms with Gasteiger partial charge in [0.2, 0.25) is 0 Å². The van der Waals surface area contributed by atoms with Gasteiger partial charge in [-0.2, -0.15) is 0 Å². The summed E-state index contributed by atoms with van der Waals surface area (Å²) >= 11 is 13.5. The Balaban J connectivity index is 1.96. The van der Waals surface area contributed by atoms with Crippen LogP contribution >= 0.6 is 35.0 Å². The molecule has 33 heavy (non-hydrogen) atoms. The lowest BCUT2D eigenvalue weighted by Crippen LogP contribution is -2.19. The van der Waals surface area contributed by atoms with Crippen molar-refractivity contribution >= 4 is 68.4 Å². The molecule has 0 radical (unpaired) electrons. The van der Waals surface area contributed by atoms with Gasteiger partial charge in [0, 0.05) is 31.3 Å². The molecule has 0 saturated heterocycles. The number of hydrogen-bond acceptors (Lipinski definition) is 5. The SMILES string of the molecule is CC(Cl)C(=O)Oc1c2ccccc2c(OC(=O)C(C)Cl)c2cc(Sc3ccccc3)ccc12. The van der Waals surface area contributed by atoms with Gasteiger partial charge in [0.25, 0.3) is 0 Å². The lowest BCUT2D eigenvalue weighted by Gasteiger charge is -2.18. The summed E-state index contributed by atoms with van der Waals surface area (Å²) in [6, 6.07) is 22.9. The minimum atomic E-state index is -0.824. The smallest absolute Gasteiger partial charge is 0.329 e. The number of rotatable bonds is 6. The molecule has 0 saturated carbocycles. The molecular weight excluding hydrogens is 479 g/mol. The average molecular weight is 499 g/mol. The summed E-state index contributed by atoms with van der Waals surface area (Å²) in [4.78, 5) is 26.9. The molecule has 2 unspecified atom stereocenters. The highest BCUT2D eigenvalue weighted by molar-refractivity contribution is 7.99. The largest absolute Gasteiger partial charge is 0.424 e. The van der Waals surface area contributed by atoms with Crippen LogP contribution in [0.4, 0.5) is 0 Å². The number of esters is 2. The Bertz CT molecular complexity index is 1340. The van der Waals surface area contributed by atoms with Crippen molar-refractivity contribution in [1.82, 2.24) is 0 Å². The van der Waals surface area contributed by atoms with Gasteiger partial charge >= 0.3 is 11.9 Å². The van der Waals surface area contributed by atoms with Gasteiger partial charge in [0.15, 0.2) is 0 Å². The van der Waals surface area contributed by atoms with Gasteiger partial charge in [0.05, 0.1) is 0 Å². The minimum Gasteiger partial charge on any atom is -0.424 e. The summed E-state index contributed by atoms with van der Waals surface area (Å²) in [5.74, 6) is -0.395. The first-order valence-corrected chi connectivity index (χ1v) is 12.0. The molecule has 168 valence electrons. The van der Waals surface area contributed by atoms with Crippen molar-refractivity contribution in [1.29, 1.82) is 0 Å². The third-order valence-corrected chi connectivity index (χ3v) is 6.28. The van der Waals surface area contributed by atoms with E-state index in [1.807, 2.05) is 72.8 Å². The molecule has 0 bridgehead atoms. The van der Waals surface area contributed by atoms with E-state index >= 15 is 0 Å². The number of fused-ring (bicyclic) bond motifs is 2. The van der Waals surface area contributed by atoms with E-state index < -0.39 is 22.7 Å². The predicted octanol–water partition coefficient (Wildman–Crippen LogP) is 7.21. The van der Waals surface area contributed by atoms with E-state index in [4.69, 9.17) is 32.7 Å². The van der Waals surface area contributed by atoms with E-state index in [9.17, 15) is 9.59 Å². The molecule has 0 N–H and O–H groups in total. The molecule has 0 aliphatic heterocycles. The molecule has 0 spiro atoms. The second-order valence-electron chi connectivity index (χ2n) is 7.40. The van der Waals surface area contributed by atoms with Gasteiger partial charge in [-0.1, -0.05) is 54.2 Å². The van der Waals surface area contributed by atoms with E-state index in [-0.39, 0.29) is 0 Å². The Labute approximate surface area is 205 Å². The van der Waals surface area contributed by atoms with E-state index in [0.717, 1.165) is 9.79 Å². The molecule has 0 aromatic heterocycles. The molecule has 4 aromatic rings. The van der Waals surface area contributed by atoms with Crippen molar-refractivity contribution in [2.45, 2.75) is 34.4 Å². The van der Waals surface area contributed by atoms with Crippen LogP contribution in [0.2, 0.25) is 0 Å². The predicted molar refractivity (Wildman–Crippen MR) is 134 cm³/mol. The molecule has 7 heteroatoms. The highest BCUT2D eigenvalue weighted by Crippen LogP contribution is 2.45. The lowest BCUT2D eigenvalue weighted by atomic mass is 10.0. The molecule has 2 atom stereocenters. The standard InChI is InChI=1S/C26H20Cl2O4S/c1-15(27)25(29)31-23-19-10-6-7-11-20(19)24(32-26(30)16(2)28)22-14-18(12-13-21(22)23)33-17-8-4-3-5-9-17/h3-16H,1-2H3. The van der Waals surface area contributed by atoms with Gasteiger partial charge in [0.1, 0.15) is 22.3 Å². The van der Waals surface area contributed by atoms with Gasteiger partial charge in [-0.3, -0.25) is 9.59 Å². The Morgan fingerprint density at radius 2 is 1.15 bits per heavy atom. The summed E-state index contributed by atoms with van der Waals surface area (Å²) in [6.07, 6.45) is 0. The number of alkyl halides is 2. The van der Waals surface area contributed by atoms with Gasteiger partial charge < -0.3 is 9.47 Å². The molecule has 4 aromatic carbocycles. The minimum absolute atomic E-state index is 0.368. The maximum Gasteiger partial charge on any atom is 0.329 e. The van der Waals surface area contributed by atoms with E-state index in [2.05, 4.69) is 0 Å². The first-order chi connectivity index (χ1) is 15.8. The van der Waals surface area contributed by atoms with Gasteiger partial charge in [-0.25, -0.2) is 0 Å². The average Bonchev–Trinajstić information content (AvgIpc) is 2.81. The van der Waals surface area contributed by atoms with Crippen LogP contribution in [0, 0.1) is 0 Å². The van der Waals surface area contributed by atoms with Gasteiger partial charge in [-0.05, 0) is 44.2 Å². The summed E-state index contributed by atoms with van der Waals surface area (Å²) in [7, 11) is 0. The Morgan fingerprint density at radius 3 is 1.70 bits per heavy atom. The maximum absolute atomic E-state index is 12.5. The molecule has 4 nitrogen and oxygen atoms in total. The monoisotopic (exact) mass is 498 g/mol. The molecule has 4 rings (SSSR count). The van der Waals surface area contributed by atoms with Crippen LogP contribution in [0.5, 0.6) is 11.5 Å². The number of carbonyl (C=O) groups excluding carboxylic acids is 2. The summed E-state index contributed by atoms with van der Waals surface area (Å²) in [5, 5.41) is 0.871. The van der Waals surface area contributed by atoms with Crippen molar-refractivity contribution in [2.24, 2.45) is 0 Å². The number of benzene rings is 4. The van der Waals surface area contributed by atoms with Crippen LogP contribution in [0.15, 0.2) is 82.6 Å². The van der Waals surface area contributed by atoms with Crippen LogP contribution < -0.4 is 9.47 Å². The Hall–Kier alpha value is -2.73. The lowest BCUT2D eigenvalue weighted by molar-refractivity contribution is -0.134. The Morgan fingerprint density at radius 1 is 0.667 bits per heavy atom. The topological polar surface area (TPSA) is 52.6 Å². The summed E-state index contributed by atoms with van der Waals surface area (Å²) in [5.41, 5.74) is 0. The van der Waals surface area contributed by atoms with Crippen LogP contribution in [-0.4, -0.2) is 22.7 Å². The number of ether oxygens (including phenoxy) is 2. The van der Waals surface area contributed by atoms with Crippen molar-refractivity contribution in [3.8, 4) is 11.5 Å². The zero-order valence-electron chi connectivity index (χ0n) is 17.9. The molecule has 0 fully saturated rings. The fourth-order valence-electron chi connectivity index (χ4n) is 3.35. The van der Waals surface area contributed by atoms with Crippen molar-refractivity contribution in [3.05, 3.63) is 72.8 Å². The summed E-state index contributed by atoms with van der Waals surface area (Å²) < 4.78 is 11.5. The highest BCUT2D eigenvalue weighted by atomic mass is 35.5. The summed E-state index contributed by atoms with van der Waals surface area (Å²) in [6.45, 7) is 3.11. The van der Waals surface area contributed by atoms with Crippen molar-refractivity contribution < 1.29 is 19.1 Å². The van der Waals surface area contributed by atoms with Gasteiger partial charge in [-0.15, -0.1) is 23.2 Å².